The summed E-state index contributed by atoms with van der Waals surface area (Å²) < 4.78 is 19.9. The van der Waals surface area contributed by atoms with Crippen LogP contribution >= 0.6 is 0 Å². The van der Waals surface area contributed by atoms with E-state index in [-0.39, 0.29) is 23.2 Å². The van der Waals surface area contributed by atoms with Gasteiger partial charge < -0.3 is 23.2 Å². The predicted molar refractivity (Wildman–Crippen MR) is 90.5 cm³/mol. The van der Waals surface area contributed by atoms with Gasteiger partial charge in [-0.25, -0.2) is 14.4 Å². The highest BCUT2D eigenvalue weighted by molar-refractivity contribution is 6.01. The van der Waals surface area contributed by atoms with Gasteiger partial charge in [0.15, 0.2) is 5.58 Å². The molecule has 1 aromatic carbocycles. The standard InChI is InChI=1S/C17H15NO7/c1-4-22-17(21)24-13-8-11-14(25-16(13)20)10-6-5-9(18(2)3)7-12(10)23-15(11)19/h5-8H,4H2,1-3H3. The number of hydrogen-bond donors (Lipinski definition) is 0. The molecule has 0 aliphatic rings. The molecule has 0 saturated carbocycles. The van der Waals surface area contributed by atoms with Gasteiger partial charge in [-0.05, 0) is 19.1 Å². The number of ether oxygens (including phenoxy) is 2. The van der Waals surface area contributed by atoms with E-state index in [1.165, 1.54) is 0 Å². The van der Waals surface area contributed by atoms with Crippen LogP contribution in [0.4, 0.5) is 10.5 Å². The largest absolute Gasteiger partial charge is 0.514 e. The average molecular weight is 345 g/mol. The third kappa shape index (κ3) is 3.06. The fraction of sp³-hybridized carbons (Fsp3) is 0.235. The Morgan fingerprint density at radius 1 is 1.08 bits per heavy atom. The van der Waals surface area contributed by atoms with Gasteiger partial charge in [-0.3, -0.25) is 0 Å². The third-order valence-electron chi connectivity index (χ3n) is 3.52. The van der Waals surface area contributed by atoms with Crippen molar-refractivity contribution in [3.8, 4) is 5.75 Å². The van der Waals surface area contributed by atoms with Crippen LogP contribution < -0.4 is 20.9 Å². The molecule has 2 heterocycles. The number of hydrogen-bond acceptors (Lipinski definition) is 8. The minimum absolute atomic E-state index is 0.0102. The molecule has 0 aliphatic carbocycles. The fourth-order valence-corrected chi connectivity index (χ4v) is 2.33. The molecular formula is C17H15NO7. The van der Waals surface area contributed by atoms with Gasteiger partial charge in [0.25, 0.3) is 0 Å². The summed E-state index contributed by atoms with van der Waals surface area (Å²) in [4.78, 5) is 37.5. The maximum absolute atomic E-state index is 12.2. The van der Waals surface area contributed by atoms with Crippen LogP contribution in [0.2, 0.25) is 0 Å². The van der Waals surface area contributed by atoms with Crippen molar-refractivity contribution >= 4 is 33.8 Å². The lowest BCUT2D eigenvalue weighted by atomic mass is 10.1. The van der Waals surface area contributed by atoms with E-state index >= 15 is 0 Å². The van der Waals surface area contributed by atoms with Crippen LogP contribution in [0.1, 0.15) is 6.92 Å². The molecule has 0 spiro atoms. The van der Waals surface area contributed by atoms with E-state index in [4.69, 9.17) is 13.6 Å². The zero-order valence-corrected chi connectivity index (χ0v) is 13.8. The lowest BCUT2D eigenvalue weighted by Crippen LogP contribution is -2.16. The van der Waals surface area contributed by atoms with Crippen LogP contribution in [0.25, 0.3) is 21.9 Å². The van der Waals surface area contributed by atoms with E-state index in [0.29, 0.717) is 5.39 Å². The van der Waals surface area contributed by atoms with Gasteiger partial charge in [0.2, 0.25) is 5.75 Å². The number of carbonyl (C=O) groups is 1. The summed E-state index contributed by atoms with van der Waals surface area (Å²) in [7, 11) is 3.69. The molecular weight excluding hydrogens is 330 g/mol. The summed E-state index contributed by atoms with van der Waals surface area (Å²) >= 11 is 0. The summed E-state index contributed by atoms with van der Waals surface area (Å²) in [6.45, 7) is 1.67. The topological polar surface area (TPSA) is 99.2 Å². The summed E-state index contributed by atoms with van der Waals surface area (Å²) in [6, 6.07) is 6.26. The summed E-state index contributed by atoms with van der Waals surface area (Å²) in [5.74, 6) is -0.442. The third-order valence-corrected chi connectivity index (χ3v) is 3.52. The molecule has 2 aromatic heterocycles. The van der Waals surface area contributed by atoms with Crippen molar-refractivity contribution in [2.75, 3.05) is 25.6 Å². The first-order chi connectivity index (χ1) is 11.9. The van der Waals surface area contributed by atoms with Crippen LogP contribution in [0.5, 0.6) is 5.75 Å². The van der Waals surface area contributed by atoms with E-state index in [1.54, 1.807) is 25.1 Å². The highest BCUT2D eigenvalue weighted by Crippen LogP contribution is 2.27. The second-order valence-corrected chi connectivity index (χ2v) is 5.39. The molecule has 0 aliphatic heterocycles. The van der Waals surface area contributed by atoms with Gasteiger partial charge in [0, 0.05) is 31.9 Å². The molecule has 8 heteroatoms. The number of fused-ring (bicyclic) bond motifs is 3. The van der Waals surface area contributed by atoms with Crippen molar-refractivity contribution in [1.29, 1.82) is 0 Å². The van der Waals surface area contributed by atoms with Gasteiger partial charge >= 0.3 is 17.4 Å². The van der Waals surface area contributed by atoms with Gasteiger partial charge in [-0.15, -0.1) is 0 Å². The molecule has 0 radical (unpaired) electrons. The summed E-state index contributed by atoms with van der Waals surface area (Å²) in [5.41, 5.74) is -0.441. The van der Waals surface area contributed by atoms with Crippen molar-refractivity contribution in [1.82, 2.24) is 0 Å². The van der Waals surface area contributed by atoms with Crippen LogP contribution in [0.15, 0.2) is 42.7 Å². The predicted octanol–water partition coefficient (Wildman–Crippen LogP) is 2.50. The first-order valence-corrected chi connectivity index (χ1v) is 7.47. The Labute approximate surface area is 141 Å². The van der Waals surface area contributed by atoms with Crippen LogP contribution in [0, 0.1) is 0 Å². The normalized spacial score (nSPS) is 10.8. The number of benzene rings is 1. The molecule has 0 atom stereocenters. The highest BCUT2D eigenvalue weighted by atomic mass is 16.7. The quantitative estimate of drug-likeness (QED) is 0.405. The van der Waals surface area contributed by atoms with Crippen molar-refractivity contribution in [3.63, 3.8) is 0 Å². The lowest BCUT2D eigenvalue weighted by Gasteiger charge is -2.12. The monoisotopic (exact) mass is 345 g/mol. The Bertz CT molecular complexity index is 1080. The van der Waals surface area contributed by atoms with Gasteiger partial charge in [-0.1, -0.05) is 0 Å². The molecule has 130 valence electrons. The van der Waals surface area contributed by atoms with E-state index in [2.05, 4.69) is 4.74 Å². The summed E-state index contributed by atoms with van der Waals surface area (Å²) in [6.07, 6.45) is -1.06. The van der Waals surface area contributed by atoms with Crippen LogP contribution in [-0.4, -0.2) is 26.9 Å². The smallest absolute Gasteiger partial charge is 0.434 e. The summed E-state index contributed by atoms with van der Waals surface area (Å²) in [5, 5.41) is 0.448. The zero-order valence-electron chi connectivity index (χ0n) is 13.8. The van der Waals surface area contributed by atoms with E-state index in [9.17, 15) is 14.4 Å². The van der Waals surface area contributed by atoms with Gasteiger partial charge in [-0.2, -0.15) is 0 Å². The van der Waals surface area contributed by atoms with E-state index < -0.39 is 23.2 Å². The van der Waals surface area contributed by atoms with E-state index in [0.717, 1.165) is 11.8 Å². The second-order valence-electron chi connectivity index (χ2n) is 5.39. The van der Waals surface area contributed by atoms with Gasteiger partial charge in [0.05, 0.1) is 12.0 Å². The number of nitrogens with zero attached hydrogens (tertiary/aromatic N) is 1. The molecule has 0 N–H and O–H groups in total. The van der Waals surface area contributed by atoms with Crippen molar-refractivity contribution in [2.24, 2.45) is 0 Å². The zero-order chi connectivity index (χ0) is 18.1. The van der Waals surface area contributed by atoms with Crippen molar-refractivity contribution in [2.45, 2.75) is 6.92 Å². The second kappa shape index (κ2) is 6.31. The Kier molecular flexibility index (Phi) is 4.18. The molecule has 0 saturated heterocycles. The highest BCUT2D eigenvalue weighted by Gasteiger charge is 2.17. The lowest BCUT2D eigenvalue weighted by molar-refractivity contribution is 0.103. The number of carbonyl (C=O) groups excluding carboxylic acids is 1. The van der Waals surface area contributed by atoms with Crippen LogP contribution in [-0.2, 0) is 4.74 Å². The Morgan fingerprint density at radius 2 is 1.84 bits per heavy atom. The molecule has 0 unspecified atom stereocenters. The molecule has 0 amide bonds. The molecule has 25 heavy (non-hydrogen) atoms. The Hall–Kier alpha value is -3.29. The first-order valence-electron chi connectivity index (χ1n) is 7.47. The van der Waals surface area contributed by atoms with Crippen molar-refractivity contribution < 1.29 is 23.1 Å². The maximum Gasteiger partial charge on any atom is 0.514 e. The molecule has 0 bridgehead atoms. The van der Waals surface area contributed by atoms with Crippen LogP contribution in [0.3, 0.4) is 0 Å². The van der Waals surface area contributed by atoms with Gasteiger partial charge in [0.1, 0.15) is 11.0 Å². The maximum atomic E-state index is 12.2. The molecule has 3 aromatic rings. The molecule has 3 rings (SSSR count). The minimum atomic E-state index is -1.06. The fourth-order valence-electron chi connectivity index (χ4n) is 2.33. The molecule has 0 fully saturated rings. The Morgan fingerprint density at radius 3 is 2.52 bits per heavy atom. The number of rotatable bonds is 3. The average Bonchev–Trinajstić information content (AvgIpc) is 2.56. The van der Waals surface area contributed by atoms with Crippen molar-refractivity contribution in [3.05, 3.63) is 45.1 Å². The molecule has 8 nitrogen and oxygen atoms in total. The number of anilines is 1. The van der Waals surface area contributed by atoms with E-state index in [1.807, 2.05) is 19.0 Å². The first kappa shape index (κ1) is 16.6. The Balaban J connectivity index is 2.21. The SMILES string of the molecule is CCOC(=O)Oc1cc2c(=O)oc3cc(N(C)C)ccc3c2oc1=O. The minimum Gasteiger partial charge on any atom is -0.434 e.